The normalized spacial score (nSPS) is 19.6. The lowest BCUT2D eigenvalue weighted by molar-refractivity contribution is 0.286. The highest BCUT2D eigenvalue weighted by Crippen LogP contribution is 2.23. The summed E-state index contributed by atoms with van der Waals surface area (Å²) in [4.78, 5) is 6.73. The average Bonchev–Trinajstić information content (AvgIpc) is 3.09. The fourth-order valence-corrected chi connectivity index (χ4v) is 2.66. The molecule has 3 rings (SSSR count). The van der Waals surface area contributed by atoms with Gasteiger partial charge in [0.05, 0.1) is 12.7 Å². The van der Waals surface area contributed by atoms with Crippen LogP contribution in [0.5, 0.6) is 0 Å². The second-order valence-corrected chi connectivity index (χ2v) is 5.57. The summed E-state index contributed by atoms with van der Waals surface area (Å²) in [6.45, 7) is 2.91. The van der Waals surface area contributed by atoms with Crippen molar-refractivity contribution in [1.82, 2.24) is 15.2 Å². The second kappa shape index (κ2) is 5.95. The molecule has 0 spiro atoms. The number of likely N-dealkylation sites (N-methyl/N-ethyl adjacent to an activating group) is 1. The first kappa shape index (κ1) is 13.6. The van der Waals surface area contributed by atoms with Crippen LogP contribution in [0.15, 0.2) is 34.9 Å². The van der Waals surface area contributed by atoms with Crippen LogP contribution in [0.2, 0.25) is 5.02 Å². The van der Waals surface area contributed by atoms with Crippen LogP contribution in [0.4, 0.5) is 0 Å². The van der Waals surface area contributed by atoms with Gasteiger partial charge in [-0.2, -0.15) is 0 Å². The third kappa shape index (κ3) is 3.03. The van der Waals surface area contributed by atoms with Crippen LogP contribution >= 0.6 is 11.6 Å². The Morgan fingerprint density at radius 2 is 2.20 bits per heavy atom. The molecule has 1 fully saturated rings. The summed E-state index contributed by atoms with van der Waals surface area (Å²) in [5.41, 5.74) is 1.00. The topological polar surface area (TPSA) is 41.3 Å². The molecule has 0 amide bonds. The Morgan fingerprint density at radius 3 is 2.90 bits per heavy atom. The quantitative estimate of drug-likeness (QED) is 0.940. The summed E-state index contributed by atoms with van der Waals surface area (Å²) < 4.78 is 5.82. The minimum Gasteiger partial charge on any atom is -0.439 e. The first-order valence-corrected chi connectivity index (χ1v) is 7.22. The van der Waals surface area contributed by atoms with Gasteiger partial charge in [0.1, 0.15) is 0 Å². The van der Waals surface area contributed by atoms with Crippen LogP contribution in [0.1, 0.15) is 12.3 Å². The molecule has 1 aliphatic heterocycles. The number of likely N-dealkylation sites (tertiary alicyclic amines) is 1. The van der Waals surface area contributed by atoms with Gasteiger partial charge in [0.25, 0.3) is 0 Å². The summed E-state index contributed by atoms with van der Waals surface area (Å²) in [6, 6.07) is 8.19. The Morgan fingerprint density at radius 1 is 1.40 bits per heavy atom. The zero-order valence-electron chi connectivity index (χ0n) is 11.5. The predicted molar refractivity (Wildman–Crippen MR) is 79.7 cm³/mol. The van der Waals surface area contributed by atoms with E-state index in [1.54, 1.807) is 6.20 Å². The molecule has 5 heteroatoms. The standard InChI is InChI=1S/C15H18ClN3O/c1-17-13-6-7-19(9-13)10-15-18-8-14(20-15)11-2-4-12(16)5-3-11/h2-5,8,13,17H,6-7,9-10H2,1H3. The van der Waals surface area contributed by atoms with Gasteiger partial charge in [-0.3, -0.25) is 4.90 Å². The minimum absolute atomic E-state index is 0.584. The molecule has 1 unspecified atom stereocenters. The van der Waals surface area contributed by atoms with Crippen LogP contribution in [0.25, 0.3) is 11.3 Å². The van der Waals surface area contributed by atoms with Crippen molar-refractivity contribution in [3.63, 3.8) is 0 Å². The first-order valence-electron chi connectivity index (χ1n) is 6.85. The van der Waals surface area contributed by atoms with E-state index in [4.69, 9.17) is 16.0 Å². The minimum atomic E-state index is 0.584. The van der Waals surface area contributed by atoms with E-state index in [9.17, 15) is 0 Å². The molecular weight excluding hydrogens is 274 g/mol. The highest BCUT2D eigenvalue weighted by atomic mass is 35.5. The lowest BCUT2D eigenvalue weighted by Gasteiger charge is -2.13. The molecule has 20 heavy (non-hydrogen) atoms. The van der Waals surface area contributed by atoms with Gasteiger partial charge in [0, 0.05) is 29.7 Å². The lowest BCUT2D eigenvalue weighted by atomic mass is 10.2. The number of hydrogen-bond donors (Lipinski definition) is 1. The van der Waals surface area contributed by atoms with Crippen LogP contribution in [-0.2, 0) is 6.54 Å². The van der Waals surface area contributed by atoms with Crippen molar-refractivity contribution < 1.29 is 4.42 Å². The fraction of sp³-hybridized carbons (Fsp3) is 0.400. The first-order chi connectivity index (χ1) is 9.74. The Hall–Kier alpha value is -1.36. The van der Waals surface area contributed by atoms with Crippen molar-refractivity contribution in [2.45, 2.75) is 19.0 Å². The molecule has 0 aliphatic carbocycles. The van der Waals surface area contributed by atoms with E-state index in [2.05, 4.69) is 15.2 Å². The van der Waals surface area contributed by atoms with E-state index < -0.39 is 0 Å². The highest BCUT2D eigenvalue weighted by Gasteiger charge is 2.22. The van der Waals surface area contributed by atoms with Gasteiger partial charge < -0.3 is 9.73 Å². The zero-order valence-corrected chi connectivity index (χ0v) is 12.2. The van der Waals surface area contributed by atoms with E-state index in [0.717, 1.165) is 41.9 Å². The number of rotatable bonds is 4. The van der Waals surface area contributed by atoms with Crippen LogP contribution in [0, 0.1) is 0 Å². The monoisotopic (exact) mass is 291 g/mol. The Labute approximate surface area is 123 Å². The maximum Gasteiger partial charge on any atom is 0.209 e. The number of halogens is 1. The second-order valence-electron chi connectivity index (χ2n) is 5.13. The van der Waals surface area contributed by atoms with E-state index in [0.29, 0.717) is 6.04 Å². The maximum atomic E-state index is 5.89. The highest BCUT2D eigenvalue weighted by molar-refractivity contribution is 6.30. The molecular formula is C15H18ClN3O. The number of nitrogens with one attached hydrogen (secondary N) is 1. The van der Waals surface area contributed by atoms with Crippen LogP contribution in [-0.4, -0.2) is 36.1 Å². The predicted octanol–water partition coefficient (Wildman–Crippen LogP) is 2.79. The van der Waals surface area contributed by atoms with Crippen LogP contribution < -0.4 is 5.32 Å². The molecule has 1 saturated heterocycles. The lowest BCUT2D eigenvalue weighted by Crippen LogP contribution is -2.29. The summed E-state index contributed by atoms with van der Waals surface area (Å²) >= 11 is 5.89. The Kier molecular flexibility index (Phi) is 4.05. The molecule has 2 heterocycles. The average molecular weight is 292 g/mol. The number of hydrogen-bond acceptors (Lipinski definition) is 4. The molecule has 1 aliphatic rings. The SMILES string of the molecule is CNC1CCN(Cc2ncc(-c3ccc(Cl)cc3)o2)C1. The molecule has 1 atom stereocenters. The molecule has 1 aromatic carbocycles. The molecule has 0 bridgehead atoms. The van der Waals surface area contributed by atoms with Gasteiger partial charge in [-0.15, -0.1) is 0 Å². The molecule has 0 saturated carbocycles. The van der Waals surface area contributed by atoms with Crippen molar-refractivity contribution >= 4 is 11.6 Å². The Bertz CT molecular complexity index is 567. The van der Waals surface area contributed by atoms with Gasteiger partial charge in [-0.1, -0.05) is 11.6 Å². The molecule has 106 valence electrons. The third-order valence-corrected chi connectivity index (χ3v) is 3.97. The smallest absolute Gasteiger partial charge is 0.209 e. The zero-order chi connectivity index (χ0) is 13.9. The maximum absolute atomic E-state index is 5.89. The van der Waals surface area contributed by atoms with Crippen molar-refractivity contribution in [2.75, 3.05) is 20.1 Å². The largest absolute Gasteiger partial charge is 0.439 e. The molecule has 1 aromatic heterocycles. The summed E-state index contributed by atoms with van der Waals surface area (Å²) in [5, 5.41) is 4.04. The number of benzene rings is 1. The number of oxazole rings is 1. The molecule has 1 N–H and O–H groups in total. The fourth-order valence-electron chi connectivity index (χ4n) is 2.53. The summed E-state index contributed by atoms with van der Waals surface area (Å²) in [7, 11) is 2.01. The van der Waals surface area contributed by atoms with Gasteiger partial charge in [-0.05, 0) is 37.7 Å². The van der Waals surface area contributed by atoms with Crippen molar-refractivity contribution in [3.05, 3.63) is 41.4 Å². The van der Waals surface area contributed by atoms with Crippen LogP contribution in [0.3, 0.4) is 0 Å². The number of nitrogens with zero attached hydrogens (tertiary/aromatic N) is 2. The third-order valence-electron chi connectivity index (χ3n) is 3.72. The summed E-state index contributed by atoms with van der Waals surface area (Å²) in [6.07, 6.45) is 2.96. The van der Waals surface area contributed by atoms with E-state index >= 15 is 0 Å². The molecule has 0 radical (unpaired) electrons. The van der Waals surface area contributed by atoms with Crippen molar-refractivity contribution in [3.8, 4) is 11.3 Å². The van der Waals surface area contributed by atoms with Crippen molar-refractivity contribution in [2.24, 2.45) is 0 Å². The summed E-state index contributed by atoms with van der Waals surface area (Å²) in [5.74, 6) is 1.56. The number of aromatic nitrogens is 1. The molecule has 2 aromatic rings. The van der Waals surface area contributed by atoms with E-state index in [1.807, 2.05) is 31.3 Å². The van der Waals surface area contributed by atoms with Gasteiger partial charge in [0.2, 0.25) is 5.89 Å². The van der Waals surface area contributed by atoms with Gasteiger partial charge >= 0.3 is 0 Å². The van der Waals surface area contributed by atoms with E-state index in [-0.39, 0.29) is 0 Å². The Balaban J connectivity index is 1.66. The van der Waals surface area contributed by atoms with E-state index in [1.165, 1.54) is 6.42 Å². The van der Waals surface area contributed by atoms with Crippen molar-refractivity contribution in [1.29, 1.82) is 0 Å². The van der Waals surface area contributed by atoms with Gasteiger partial charge in [0.15, 0.2) is 5.76 Å². The molecule has 4 nitrogen and oxygen atoms in total. The van der Waals surface area contributed by atoms with Gasteiger partial charge in [-0.25, -0.2) is 4.98 Å².